The Hall–Kier alpha value is -3.78. The minimum absolute atomic E-state index is 0.385. The third-order valence-electron chi connectivity index (χ3n) is 6.39. The van der Waals surface area contributed by atoms with Crippen molar-refractivity contribution in [3.8, 4) is 0 Å². The maximum absolute atomic E-state index is 6.41. The van der Waals surface area contributed by atoms with Crippen LogP contribution in [-0.2, 0) is 0 Å². The smallest absolute Gasteiger partial charge is 0.143 e. The predicted molar refractivity (Wildman–Crippen MR) is 123 cm³/mol. The van der Waals surface area contributed by atoms with Crippen LogP contribution in [0.25, 0.3) is 55.8 Å². The lowest BCUT2D eigenvalue weighted by molar-refractivity contribution is 0.573. The molecule has 0 aliphatic heterocycles. The zero-order valence-corrected chi connectivity index (χ0v) is 16.3. The van der Waals surface area contributed by atoms with Gasteiger partial charge < -0.3 is 8.83 Å². The van der Waals surface area contributed by atoms with Crippen molar-refractivity contribution in [1.29, 1.82) is 0 Å². The second-order valence-corrected chi connectivity index (χ2v) is 8.11. The van der Waals surface area contributed by atoms with Crippen molar-refractivity contribution in [2.75, 3.05) is 0 Å². The SMILES string of the molecule is C1=c2oc3c(ccc4cc5oc6ccccc6c5cc43)c2=CC(c2ccccc2)C1. The van der Waals surface area contributed by atoms with Gasteiger partial charge in [0.2, 0.25) is 0 Å². The standard InChI is InChI=1S/C28H18O2/c1-2-6-17(7-3-1)18-11-13-26-23(14-18)21-12-10-19-15-27-24(16-22(19)28(21)30-26)20-8-4-5-9-25(20)29-27/h1-10,12-16,18H,11H2. The van der Waals surface area contributed by atoms with Crippen LogP contribution >= 0.6 is 0 Å². The van der Waals surface area contributed by atoms with E-state index in [0.29, 0.717) is 5.92 Å². The first-order chi connectivity index (χ1) is 14.8. The largest absolute Gasteiger partial charge is 0.456 e. The number of benzene rings is 4. The zero-order chi connectivity index (χ0) is 19.7. The van der Waals surface area contributed by atoms with Gasteiger partial charge in [0, 0.05) is 32.7 Å². The van der Waals surface area contributed by atoms with Crippen LogP contribution < -0.4 is 10.6 Å². The number of hydrogen-bond acceptors (Lipinski definition) is 2. The molecule has 2 aromatic heterocycles. The Labute approximate surface area is 172 Å². The molecule has 0 spiro atoms. The van der Waals surface area contributed by atoms with E-state index in [4.69, 9.17) is 8.83 Å². The fourth-order valence-corrected chi connectivity index (χ4v) is 4.89. The molecule has 0 amide bonds. The highest BCUT2D eigenvalue weighted by atomic mass is 16.3. The van der Waals surface area contributed by atoms with Gasteiger partial charge in [-0.15, -0.1) is 0 Å². The maximum atomic E-state index is 6.41. The lowest BCUT2D eigenvalue weighted by Crippen LogP contribution is -2.24. The minimum atomic E-state index is 0.385. The Morgan fingerprint density at radius 3 is 2.47 bits per heavy atom. The molecule has 0 bridgehead atoms. The van der Waals surface area contributed by atoms with Crippen LogP contribution in [0.5, 0.6) is 0 Å². The van der Waals surface area contributed by atoms with Crippen molar-refractivity contribution in [3.05, 3.63) is 95.1 Å². The normalized spacial score (nSPS) is 16.1. The molecule has 7 rings (SSSR count). The van der Waals surface area contributed by atoms with Crippen molar-refractivity contribution in [2.45, 2.75) is 12.3 Å². The maximum Gasteiger partial charge on any atom is 0.143 e. The van der Waals surface area contributed by atoms with E-state index in [1.165, 1.54) is 16.2 Å². The Morgan fingerprint density at radius 1 is 0.667 bits per heavy atom. The van der Waals surface area contributed by atoms with Gasteiger partial charge in [-0.05, 0) is 47.7 Å². The van der Waals surface area contributed by atoms with Gasteiger partial charge in [0.1, 0.15) is 22.2 Å². The number of fused-ring (bicyclic) bond motifs is 8. The van der Waals surface area contributed by atoms with E-state index in [0.717, 1.165) is 50.1 Å². The molecule has 1 aliphatic rings. The summed E-state index contributed by atoms with van der Waals surface area (Å²) in [6, 6.07) is 27.6. The summed E-state index contributed by atoms with van der Waals surface area (Å²) < 4.78 is 12.5. The summed E-state index contributed by atoms with van der Waals surface area (Å²) in [5.41, 5.74) is 5.14. The van der Waals surface area contributed by atoms with E-state index in [1.54, 1.807) is 0 Å². The molecular formula is C28H18O2. The molecule has 0 saturated heterocycles. The third-order valence-corrected chi connectivity index (χ3v) is 6.39. The Morgan fingerprint density at radius 2 is 1.53 bits per heavy atom. The quantitative estimate of drug-likeness (QED) is 0.335. The van der Waals surface area contributed by atoms with E-state index < -0.39 is 0 Å². The monoisotopic (exact) mass is 386 g/mol. The first kappa shape index (κ1) is 16.1. The van der Waals surface area contributed by atoms with Crippen molar-refractivity contribution >= 4 is 55.8 Å². The fraction of sp³-hybridized carbons (Fsp3) is 0.0714. The topological polar surface area (TPSA) is 26.3 Å². The fourth-order valence-electron chi connectivity index (χ4n) is 4.89. The summed E-state index contributed by atoms with van der Waals surface area (Å²) >= 11 is 0. The highest BCUT2D eigenvalue weighted by molar-refractivity contribution is 6.15. The van der Waals surface area contributed by atoms with E-state index in [9.17, 15) is 0 Å². The van der Waals surface area contributed by atoms with Gasteiger partial charge in [0.25, 0.3) is 0 Å². The molecule has 2 heterocycles. The Kier molecular flexibility index (Phi) is 3.14. The molecule has 142 valence electrons. The molecule has 2 nitrogen and oxygen atoms in total. The van der Waals surface area contributed by atoms with E-state index in [1.807, 2.05) is 12.1 Å². The van der Waals surface area contributed by atoms with E-state index >= 15 is 0 Å². The van der Waals surface area contributed by atoms with Gasteiger partial charge >= 0.3 is 0 Å². The molecule has 0 radical (unpaired) electrons. The molecule has 6 aromatic rings. The number of rotatable bonds is 1. The summed E-state index contributed by atoms with van der Waals surface area (Å²) in [6.45, 7) is 0. The molecule has 1 atom stereocenters. The van der Waals surface area contributed by atoms with Crippen molar-refractivity contribution in [1.82, 2.24) is 0 Å². The zero-order valence-electron chi connectivity index (χ0n) is 16.3. The van der Waals surface area contributed by atoms with Gasteiger partial charge in [0.15, 0.2) is 0 Å². The molecule has 0 N–H and O–H groups in total. The Bertz CT molecular complexity index is 1720. The van der Waals surface area contributed by atoms with Crippen LogP contribution in [0, 0.1) is 0 Å². The van der Waals surface area contributed by atoms with Crippen molar-refractivity contribution < 1.29 is 8.83 Å². The molecule has 4 aromatic carbocycles. The molecule has 30 heavy (non-hydrogen) atoms. The second-order valence-electron chi connectivity index (χ2n) is 8.11. The van der Waals surface area contributed by atoms with Crippen molar-refractivity contribution in [3.63, 3.8) is 0 Å². The van der Waals surface area contributed by atoms with Crippen LogP contribution in [-0.4, -0.2) is 0 Å². The third kappa shape index (κ3) is 2.19. The van der Waals surface area contributed by atoms with Gasteiger partial charge in [0.05, 0.1) is 0 Å². The summed E-state index contributed by atoms with van der Waals surface area (Å²) in [5.74, 6) is 0.385. The van der Waals surface area contributed by atoms with Crippen molar-refractivity contribution in [2.24, 2.45) is 0 Å². The van der Waals surface area contributed by atoms with E-state index in [2.05, 4.69) is 78.9 Å². The van der Waals surface area contributed by atoms with Crippen LogP contribution in [0.2, 0.25) is 0 Å². The first-order valence-corrected chi connectivity index (χ1v) is 10.4. The highest BCUT2D eigenvalue weighted by Crippen LogP contribution is 2.34. The molecule has 0 fully saturated rings. The van der Waals surface area contributed by atoms with Gasteiger partial charge in [-0.3, -0.25) is 0 Å². The number of hydrogen-bond donors (Lipinski definition) is 0. The molecule has 2 heteroatoms. The number of para-hydroxylation sites is 1. The first-order valence-electron chi connectivity index (χ1n) is 10.4. The summed E-state index contributed by atoms with van der Waals surface area (Å²) in [6.07, 6.45) is 5.57. The van der Waals surface area contributed by atoms with Gasteiger partial charge in [-0.25, -0.2) is 0 Å². The number of furan rings is 2. The second kappa shape index (κ2) is 5.87. The lowest BCUT2D eigenvalue weighted by Gasteiger charge is -2.12. The molecule has 0 saturated carbocycles. The van der Waals surface area contributed by atoms with Crippen LogP contribution in [0.3, 0.4) is 0 Å². The highest BCUT2D eigenvalue weighted by Gasteiger charge is 2.16. The average molecular weight is 386 g/mol. The summed E-state index contributed by atoms with van der Waals surface area (Å²) in [4.78, 5) is 0. The van der Waals surface area contributed by atoms with Crippen LogP contribution in [0.15, 0.2) is 87.7 Å². The van der Waals surface area contributed by atoms with Crippen LogP contribution in [0.4, 0.5) is 0 Å². The van der Waals surface area contributed by atoms with Crippen LogP contribution in [0.1, 0.15) is 17.9 Å². The lowest BCUT2D eigenvalue weighted by atomic mass is 9.91. The molecule has 1 unspecified atom stereocenters. The predicted octanol–water partition coefficient (Wildman–Crippen LogP) is 6.23. The summed E-state index contributed by atoms with van der Waals surface area (Å²) in [5, 5.41) is 6.95. The molecule has 1 aliphatic carbocycles. The Balaban J connectivity index is 1.54. The van der Waals surface area contributed by atoms with Gasteiger partial charge in [-0.1, -0.05) is 60.7 Å². The van der Waals surface area contributed by atoms with Gasteiger partial charge in [-0.2, -0.15) is 0 Å². The summed E-state index contributed by atoms with van der Waals surface area (Å²) in [7, 11) is 0. The van der Waals surface area contributed by atoms with E-state index in [-0.39, 0.29) is 0 Å². The average Bonchev–Trinajstić information content (AvgIpc) is 3.35. The molecular weight excluding hydrogens is 368 g/mol. The minimum Gasteiger partial charge on any atom is -0.456 e.